The molecule has 0 aliphatic rings. The van der Waals surface area contributed by atoms with Gasteiger partial charge in [-0.2, -0.15) is 0 Å². The Bertz CT molecular complexity index is 576. The molecule has 0 aliphatic carbocycles. The minimum atomic E-state index is -2.59. The van der Waals surface area contributed by atoms with E-state index in [1.807, 2.05) is 24.3 Å². The zero-order valence-electron chi connectivity index (χ0n) is 9.78. The molecule has 2 nitrogen and oxygen atoms in total. The van der Waals surface area contributed by atoms with Gasteiger partial charge in [0.05, 0.1) is 0 Å². The molecule has 100 valence electrons. The van der Waals surface area contributed by atoms with Gasteiger partial charge in [-0.25, -0.2) is 18.7 Å². The molecule has 0 aliphatic heterocycles. The Morgan fingerprint density at radius 1 is 1.16 bits per heavy atom. The van der Waals surface area contributed by atoms with Crippen LogP contribution in [0.3, 0.4) is 0 Å². The van der Waals surface area contributed by atoms with Crippen molar-refractivity contribution in [1.29, 1.82) is 0 Å². The molecule has 0 radical (unpaired) electrons. The summed E-state index contributed by atoms with van der Waals surface area (Å²) in [7, 11) is 0. The van der Waals surface area contributed by atoms with Crippen LogP contribution in [0, 0.1) is 0 Å². The molecule has 0 N–H and O–H groups in total. The topological polar surface area (TPSA) is 25.8 Å². The first-order valence-corrected chi connectivity index (χ1v) is 7.45. The molecule has 0 amide bonds. The summed E-state index contributed by atoms with van der Waals surface area (Å²) in [6.45, 7) is 0. The average molecular weight is 392 g/mol. The molecular weight excluding hydrogens is 382 g/mol. The van der Waals surface area contributed by atoms with Gasteiger partial charge in [0.15, 0.2) is 0 Å². The summed E-state index contributed by atoms with van der Waals surface area (Å²) < 4.78 is 26.7. The molecule has 0 spiro atoms. The summed E-state index contributed by atoms with van der Waals surface area (Å²) in [6.07, 6.45) is -0.715. The van der Waals surface area contributed by atoms with Gasteiger partial charge in [-0.1, -0.05) is 50.1 Å². The van der Waals surface area contributed by atoms with Crippen LogP contribution in [0.2, 0.25) is 0 Å². The van der Waals surface area contributed by atoms with Crippen LogP contribution in [0.4, 0.5) is 8.78 Å². The molecule has 0 bridgehead atoms. The van der Waals surface area contributed by atoms with Crippen molar-refractivity contribution < 1.29 is 8.78 Å². The van der Waals surface area contributed by atoms with Crippen LogP contribution in [0.1, 0.15) is 29.1 Å². The lowest BCUT2D eigenvalue weighted by molar-refractivity contribution is 0.144. The van der Waals surface area contributed by atoms with Gasteiger partial charge in [-0.3, -0.25) is 0 Å². The van der Waals surface area contributed by atoms with Crippen LogP contribution in [0.25, 0.3) is 0 Å². The third-order valence-electron chi connectivity index (χ3n) is 2.60. The standard InChI is InChI=1S/C13H10Br2F2N2/c14-6-9-7-18-11(19-12(9)13(16)17)5-8-3-1-2-4-10(8)15/h1-4,7,13H,5-6H2. The predicted octanol–water partition coefficient (Wildman–Crippen LogP) is 4.66. The van der Waals surface area contributed by atoms with Gasteiger partial charge in [0.2, 0.25) is 0 Å². The minimum Gasteiger partial charge on any atom is -0.241 e. The zero-order chi connectivity index (χ0) is 13.8. The number of halogens is 4. The molecule has 1 aromatic heterocycles. The van der Waals surface area contributed by atoms with Crippen molar-refractivity contribution in [2.75, 3.05) is 0 Å². The fourth-order valence-electron chi connectivity index (χ4n) is 1.65. The molecule has 1 heterocycles. The van der Waals surface area contributed by atoms with Crippen LogP contribution < -0.4 is 0 Å². The fourth-order valence-corrected chi connectivity index (χ4v) is 2.50. The van der Waals surface area contributed by atoms with Crippen LogP contribution in [0.5, 0.6) is 0 Å². The lowest BCUT2D eigenvalue weighted by Gasteiger charge is -2.08. The third-order valence-corrected chi connectivity index (χ3v) is 3.98. The van der Waals surface area contributed by atoms with Crippen molar-refractivity contribution in [3.63, 3.8) is 0 Å². The van der Waals surface area contributed by atoms with Gasteiger partial charge < -0.3 is 0 Å². The molecule has 0 unspecified atom stereocenters. The molecule has 1 aromatic carbocycles. The molecule has 2 aromatic rings. The van der Waals surface area contributed by atoms with Crippen LogP contribution >= 0.6 is 31.9 Å². The monoisotopic (exact) mass is 390 g/mol. The highest BCUT2D eigenvalue weighted by molar-refractivity contribution is 9.10. The molecule has 19 heavy (non-hydrogen) atoms. The van der Waals surface area contributed by atoms with Gasteiger partial charge in [0, 0.05) is 28.0 Å². The van der Waals surface area contributed by atoms with Gasteiger partial charge in [0.1, 0.15) is 11.5 Å². The van der Waals surface area contributed by atoms with E-state index in [1.54, 1.807) is 0 Å². The maximum Gasteiger partial charge on any atom is 0.280 e. The Hall–Kier alpha value is -0.880. The van der Waals surface area contributed by atoms with E-state index in [2.05, 4.69) is 41.8 Å². The molecule has 0 saturated heterocycles. The summed E-state index contributed by atoms with van der Waals surface area (Å²) in [5, 5.41) is 0.321. The number of hydrogen-bond acceptors (Lipinski definition) is 2. The Balaban J connectivity index is 2.31. The van der Waals surface area contributed by atoms with Crippen molar-refractivity contribution in [1.82, 2.24) is 9.97 Å². The molecular formula is C13H10Br2F2N2. The van der Waals surface area contributed by atoms with Crippen LogP contribution in [0.15, 0.2) is 34.9 Å². The maximum atomic E-state index is 12.9. The zero-order valence-corrected chi connectivity index (χ0v) is 13.0. The van der Waals surface area contributed by atoms with Crippen LogP contribution in [-0.4, -0.2) is 9.97 Å². The normalized spacial score (nSPS) is 11.0. The number of nitrogens with zero attached hydrogens (tertiary/aromatic N) is 2. The number of benzene rings is 1. The summed E-state index contributed by atoms with van der Waals surface area (Å²) in [5.74, 6) is 0.395. The number of hydrogen-bond donors (Lipinski definition) is 0. The van der Waals surface area contributed by atoms with E-state index >= 15 is 0 Å². The second kappa shape index (κ2) is 6.52. The van der Waals surface area contributed by atoms with E-state index in [1.165, 1.54) is 6.20 Å². The first-order valence-electron chi connectivity index (χ1n) is 5.54. The number of alkyl halides is 3. The molecule has 0 atom stereocenters. The van der Waals surface area contributed by atoms with E-state index in [0.717, 1.165) is 10.0 Å². The minimum absolute atomic E-state index is 0.200. The lowest BCUT2D eigenvalue weighted by atomic mass is 10.1. The van der Waals surface area contributed by atoms with E-state index in [0.29, 0.717) is 23.1 Å². The SMILES string of the molecule is FC(F)c1nc(Cc2ccccc2Br)ncc1CBr. The second-order valence-corrected chi connectivity index (χ2v) is 5.31. The Kier molecular flexibility index (Phi) is 4.99. The first-order chi connectivity index (χ1) is 9.11. The Morgan fingerprint density at radius 2 is 1.89 bits per heavy atom. The first kappa shape index (κ1) is 14.5. The lowest BCUT2D eigenvalue weighted by Crippen LogP contribution is -2.04. The quantitative estimate of drug-likeness (QED) is 0.708. The van der Waals surface area contributed by atoms with Crippen molar-refractivity contribution in [2.45, 2.75) is 18.2 Å². The highest BCUT2D eigenvalue weighted by Crippen LogP contribution is 2.24. The summed E-state index contributed by atoms with van der Waals surface area (Å²) in [5.41, 5.74) is 1.19. The average Bonchev–Trinajstić information content (AvgIpc) is 2.41. The summed E-state index contributed by atoms with van der Waals surface area (Å²) >= 11 is 6.58. The van der Waals surface area contributed by atoms with E-state index in [-0.39, 0.29) is 5.69 Å². The molecule has 0 saturated carbocycles. The Labute approximate surface area is 126 Å². The van der Waals surface area contributed by atoms with Gasteiger partial charge in [-0.15, -0.1) is 0 Å². The predicted molar refractivity (Wildman–Crippen MR) is 76.6 cm³/mol. The highest BCUT2D eigenvalue weighted by atomic mass is 79.9. The van der Waals surface area contributed by atoms with Gasteiger partial charge >= 0.3 is 0 Å². The highest BCUT2D eigenvalue weighted by Gasteiger charge is 2.16. The summed E-state index contributed by atoms with van der Waals surface area (Å²) in [6, 6.07) is 7.60. The van der Waals surface area contributed by atoms with Crippen LogP contribution in [-0.2, 0) is 11.8 Å². The summed E-state index contributed by atoms with van der Waals surface area (Å²) in [4.78, 5) is 8.10. The third kappa shape index (κ3) is 3.57. The Morgan fingerprint density at radius 3 is 2.53 bits per heavy atom. The van der Waals surface area contributed by atoms with Crippen molar-refractivity contribution in [3.8, 4) is 0 Å². The fraction of sp³-hybridized carbons (Fsp3) is 0.231. The second-order valence-electron chi connectivity index (χ2n) is 3.90. The molecule has 2 rings (SSSR count). The largest absolute Gasteiger partial charge is 0.280 e. The van der Waals surface area contributed by atoms with E-state index < -0.39 is 6.43 Å². The smallest absolute Gasteiger partial charge is 0.241 e. The van der Waals surface area contributed by atoms with Crippen molar-refractivity contribution in [3.05, 3.63) is 57.6 Å². The van der Waals surface area contributed by atoms with E-state index in [4.69, 9.17) is 0 Å². The van der Waals surface area contributed by atoms with E-state index in [9.17, 15) is 8.78 Å². The molecule has 6 heteroatoms. The van der Waals surface area contributed by atoms with Gasteiger partial charge in [0.25, 0.3) is 6.43 Å². The number of rotatable bonds is 4. The van der Waals surface area contributed by atoms with Crippen molar-refractivity contribution >= 4 is 31.9 Å². The van der Waals surface area contributed by atoms with Gasteiger partial charge in [-0.05, 0) is 11.6 Å². The number of aromatic nitrogens is 2. The maximum absolute atomic E-state index is 12.9. The van der Waals surface area contributed by atoms with Crippen molar-refractivity contribution in [2.24, 2.45) is 0 Å². The molecule has 0 fully saturated rings.